The number of allylic oxidation sites excluding steroid dienone is 4. The summed E-state index contributed by atoms with van der Waals surface area (Å²) in [6, 6.07) is 5.56. The first-order valence-electron chi connectivity index (χ1n) is 9.58. The zero-order chi connectivity index (χ0) is 20.3. The molecule has 1 saturated heterocycles. The van der Waals surface area contributed by atoms with E-state index in [0.717, 1.165) is 31.9 Å². The highest BCUT2D eigenvalue weighted by molar-refractivity contribution is 5.88. The zero-order valence-corrected chi connectivity index (χ0v) is 16.1. The van der Waals surface area contributed by atoms with Gasteiger partial charge in [-0.1, -0.05) is 36.8 Å². The van der Waals surface area contributed by atoms with Crippen molar-refractivity contribution in [2.75, 3.05) is 6.54 Å². The van der Waals surface area contributed by atoms with E-state index in [0.29, 0.717) is 22.2 Å². The Morgan fingerprint density at radius 3 is 2.68 bits per heavy atom. The normalized spacial score (nSPS) is 20.1. The summed E-state index contributed by atoms with van der Waals surface area (Å²) in [6.45, 7) is 4.45. The van der Waals surface area contributed by atoms with Crippen molar-refractivity contribution in [1.82, 2.24) is 10.3 Å². The molecule has 150 valence electrons. The van der Waals surface area contributed by atoms with E-state index in [4.69, 9.17) is 0 Å². The Balaban J connectivity index is 2.25. The van der Waals surface area contributed by atoms with Crippen molar-refractivity contribution in [2.24, 2.45) is 0 Å². The molecule has 1 aliphatic heterocycles. The predicted octanol–water partition coefficient (Wildman–Crippen LogP) is 5.41. The van der Waals surface area contributed by atoms with E-state index in [1.807, 2.05) is 19.9 Å². The fourth-order valence-electron chi connectivity index (χ4n) is 3.77. The number of fused-ring (bicyclic) bond motifs is 1. The number of nitrogens with one attached hydrogen (secondary N) is 1. The molecule has 1 aliphatic rings. The van der Waals surface area contributed by atoms with Crippen molar-refractivity contribution in [1.29, 1.82) is 0 Å². The van der Waals surface area contributed by atoms with Gasteiger partial charge in [0.05, 0.1) is 22.9 Å². The first kappa shape index (κ1) is 20.6. The van der Waals surface area contributed by atoms with Crippen LogP contribution in [0.1, 0.15) is 56.0 Å². The predicted molar refractivity (Wildman–Crippen MR) is 106 cm³/mol. The second-order valence-electron chi connectivity index (χ2n) is 7.04. The van der Waals surface area contributed by atoms with Gasteiger partial charge >= 0.3 is 6.18 Å². The van der Waals surface area contributed by atoms with Gasteiger partial charge in [0.25, 0.3) is 0 Å². The first-order chi connectivity index (χ1) is 13.4. The molecule has 1 aromatic heterocycles. The summed E-state index contributed by atoms with van der Waals surface area (Å²) in [5.74, 6) is 0. The van der Waals surface area contributed by atoms with Gasteiger partial charge in [0.1, 0.15) is 0 Å². The summed E-state index contributed by atoms with van der Waals surface area (Å²) in [5.41, 5.74) is 0.712. The summed E-state index contributed by atoms with van der Waals surface area (Å²) in [6.07, 6.45) is 2.80. The maximum Gasteiger partial charge on any atom is 0.418 e. The SMILES string of the molecule is C/C=C\C(=C/C)c1cc(C(O)C2CCCCN2)c2cccc(C(F)(F)F)c2n1. The number of halogens is 3. The van der Waals surface area contributed by atoms with E-state index in [2.05, 4.69) is 10.3 Å². The Morgan fingerprint density at radius 1 is 1.29 bits per heavy atom. The lowest BCUT2D eigenvalue weighted by molar-refractivity contribution is -0.136. The molecule has 1 fully saturated rings. The third-order valence-electron chi connectivity index (χ3n) is 5.18. The number of benzene rings is 1. The minimum atomic E-state index is -4.52. The number of para-hydroxylation sites is 1. The van der Waals surface area contributed by atoms with Crippen LogP contribution in [0.4, 0.5) is 13.2 Å². The molecule has 1 aromatic carbocycles. The zero-order valence-electron chi connectivity index (χ0n) is 16.1. The lowest BCUT2D eigenvalue weighted by atomic mass is 9.91. The number of rotatable bonds is 4. The van der Waals surface area contributed by atoms with Crippen molar-refractivity contribution in [3.8, 4) is 0 Å². The van der Waals surface area contributed by atoms with Crippen molar-refractivity contribution < 1.29 is 18.3 Å². The van der Waals surface area contributed by atoms with Gasteiger partial charge < -0.3 is 10.4 Å². The van der Waals surface area contributed by atoms with Crippen LogP contribution in [-0.2, 0) is 6.18 Å². The second-order valence-corrected chi connectivity index (χ2v) is 7.04. The van der Waals surface area contributed by atoms with Gasteiger partial charge in [-0.3, -0.25) is 0 Å². The number of aliphatic hydroxyl groups excluding tert-OH is 1. The molecule has 2 aromatic rings. The highest BCUT2D eigenvalue weighted by Crippen LogP contribution is 2.38. The lowest BCUT2D eigenvalue weighted by Gasteiger charge is -2.29. The van der Waals surface area contributed by atoms with Gasteiger partial charge in [0.2, 0.25) is 0 Å². The van der Waals surface area contributed by atoms with Crippen LogP contribution in [-0.4, -0.2) is 22.7 Å². The number of aromatic nitrogens is 1. The molecule has 3 nitrogen and oxygen atoms in total. The summed E-state index contributed by atoms with van der Waals surface area (Å²) in [4.78, 5) is 4.35. The number of pyridine rings is 1. The van der Waals surface area contributed by atoms with Crippen LogP contribution in [0, 0.1) is 0 Å². The lowest BCUT2D eigenvalue weighted by Crippen LogP contribution is -2.38. The number of aliphatic hydroxyl groups is 1. The van der Waals surface area contributed by atoms with Crippen LogP contribution in [0.15, 0.2) is 42.5 Å². The monoisotopic (exact) mass is 390 g/mol. The molecule has 2 N–H and O–H groups in total. The molecule has 2 heterocycles. The fourth-order valence-corrected chi connectivity index (χ4v) is 3.77. The third kappa shape index (κ3) is 4.13. The Bertz CT molecular complexity index is 897. The highest BCUT2D eigenvalue weighted by Gasteiger charge is 2.34. The van der Waals surface area contributed by atoms with Gasteiger partial charge in [-0.05, 0) is 56.5 Å². The van der Waals surface area contributed by atoms with Crippen molar-refractivity contribution >= 4 is 16.5 Å². The van der Waals surface area contributed by atoms with Crippen LogP contribution in [0.3, 0.4) is 0 Å². The molecule has 6 heteroatoms. The largest absolute Gasteiger partial charge is 0.418 e. The number of piperidine rings is 1. The maximum absolute atomic E-state index is 13.6. The molecule has 0 radical (unpaired) electrons. The Morgan fingerprint density at radius 2 is 2.07 bits per heavy atom. The van der Waals surface area contributed by atoms with Crippen molar-refractivity contribution in [3.63, 3.8) is 0 Å². The molecule has 0 amide bonds. The van der Waals surface area contributed by atoms with E-state index in [1.165, 1.54) is 6.07 Å². The van der Waals surface area contributed by atoms with E-state index >= 15 is 0 Å². The second kappa shape index (κ2) is 8.45. The smallest absolute Gasteiger partial charge is 0.387 e. The number of alkyl halides is 3. The highest BCUT2D eigenvalue weighted by atomic mass is 19.4. The van der Waals surface area contributed by atoms with Crippen LogP contribution < -0.4 is 5.32 Å². The van der Waals surface area contributed by atoms with Gasteiger partial charge in [0, 0.05) is 11.4 Å². The van der Waals surface area contributed by atoms with E-state index in [9.17, 15) is 18.3 Å². The fraction of sp³-hybridized carbons (Fsp3) is 0.409. The summed E-state index contributed by atoms with van der Waals surface area (Å²) < 4.78 is 40.9. The molecule has 0 saturated carbocycles. The molecule has 2 atom stereocenters. The van der Waals surface area contributed by atoms with Crippen molar-refractivity contribution in [3.05, 3.63) is 59.3 Å². The molecule has 0 aliphatic carbocycles. The number of hydrogen-bond acceptors (Lipinski definition) is 3. The average Bonchev–Trinajstić information content (AvgIpc) is 2.70. The first-order valence-corrected chi connectivity index (χ1v) is 9.58. The molecule has 28 heavy (non-hydrogen) atoms. The van der Waals surface area contributed by atoms with Crippen LogP contribution >= 0.6 is 0 Å². The molecule has 0 spiro atoms. The van der Waals surface area contributed by atoms with E-state index in [-0.39, 0.29) is 11.6 Å². The van der Waals surface area contributed by atoms with Gasteiger partial charge in [-0.2, -0.15) is 13.2 Å². The minimum Gasteiger partial charge on any atom is -0.387 e. The Labute approximate surface area is 163 Å². The quantitative estimate of drug-likeness (QED) is 0.686. The maximum atomic E-state index is 13.6. The standard InChI is InChI=1S/C22H25F3N2O/c1-3-8-14(4-2)19-13-16(21(28)18-11-5-6-12-26-18)15-9-7-10-17(20(15)27-19)22(23,24)25/h3-4,7-10,13,18,21,26,28H,5-6,11-12H2,1-2H3/b8-3-,14-4+. The molecule has 0 bridgehead atoms. The number of hydrogen-bond donors (Lipinski definition) is 2. The van der Waals surface area contributed by atoms with Gasteiger partial charge in [-0.15, -0.1) is 0 Å². The summed E-state index contributed by atoms with van der Waals surface area (Å²) in [7, 11) is 0. The molecular weight excluding hydrogens is 365 g/mol. The summed E-state index contributed by atoms with van der Waals surface area (Å²) >= 11 is 0. The topological polar surface area (TPSA) is 45.1 Å². The molecular formula is C22H25F3N2O. The van der Waals surface area contributed by atoms with Crippen LogP contribution in [0.25, 0.3) is 16.5 Å². The Kier molecular flexibility index (Phi) is 6.20. The minimum absolute atomic E-state index is 0.124. The summed E-state index contributed by atoms with van der Waals surface area (Å²) in [5, 5.41) is 14.7. The van der Waals surface area contributed by atoms with E-state index < -0.39 is 17.8 Å². The third-order valence-corrected chi connectivity index (χ3v) is 5.18. The molecule has 3 rings (SSSR count). The Hall–Kier alpha value is -2.18. The number of nitrogens with zero attached hydrogens (tertiary/aromatic N) is 1. The van der Waals surface area contributed by atoms with Crippen LogP contribution in [0.2, 0.25) is 0 Å². The van der Waals surface area contributed by atoms with Crippen molar-refractivity contribution in [2.45, 2.75) is 51.4 Å². The van der Waals surface area contributed by atoms with Gasteiger partial charge in [-0.25, -0.2) is 4.98 Å². The van der Waals surface area contributed by atoms with Crippen LogP contribution in [0.5, 0.6) is 0 Å². The average molecular weight is 390 g/mol. The van der Waals surface area contributed by atoms with E-state index in [1.54, 1.807) is 24.3 Å². The molecule has 2 unspecified atom stereocenters. The van der Waals surface area contributed by atoms with Gasteiger partial charge in [0.15, 0.2) is 0 Å².